The molecular weight excluding hydrogens is 280 g/mol. The zero-order chi connectivity index (χ0) is 15.8. The summed E-state index contributed by atoms with van der Waals surface area (Å²) in [6.45, 7) is 1.71. The molecule has 0 saturated heterocycles. The molecule has 5 heteroatoms. The third-order valence-corrected chi connectivity index (χ3v) is 2.86. The first-order chi connectivity index (χ1) is 10.7. The zero-order valence-corrected chi connectivity index (χ0v) is 12.3. The highest BCUT2D eigenvalue weighted by atomic mass is 16.5. The number of carbonyl (C=O) groups excluding carboxylic acids is 2. The predicted molar refractivity (Wildman–Crippen MR) is 85.9 cm³/mol. The van der Waals surface area contributed by atoms with Crippen molar-refractivity contribution in [1.82, 2.24) is 0 Å². The molecule has 0 spiro atoms. The maximum Gasteiger partial charge on any atom is 0.262 e. The number of hydrogen-bond acceptors (Lipinski definition) is 3. The van der Waals surface area contributed by atoms with Crippen LogP contribution in [-0.4, -0.2) is 18.4 Å². The van der Waals surface area contributed by atoms with Crippen molar-refractivity contribution in [2.45, 2.75) is 13.3 Å². The van der Waals surface area contributed by atoms with Crippen LogP contribution in [0.2, 0.25) is 0 Å². The lowest BCUT2D eigenvalue weighted by Gasteiger charge is -2.09. The Balaban J connectivity index is 1.88. The van der Waals surface area contributed by atoms with Gasteiger partial charge in [-0.25, -0.2) is 0 Å². The molecule has 0 fully saturated rings. The van der Waals surface area contributed by atoms with E-state index in [2.05, 4.69) is 10.6 Å². The summed E-state index contributed by atoms with van der Waals surface area (Å²) in [6.07, 6.45) is 0.404. The fraction of sp³-hybridized carbons (Fsp3) is 0.176. The van der Waals surface area contributed by atoms with Crippen LogP contribution >= 0.6 is 0 Å². The van der Waals surface area contributed by atoms with Gasteiger partial charge in [-0.05, 0) is 30.3 Å². The molecule has 0 radical (unpaired) electrons. The van der Waals surface area contributed by atoms with Crippen molar-refractivity contribution in [2.24, 2.45) is 0 Å². The molecule has 0 bridgehead atoms. The lowest BCUT2D eigenvalue weighted by Crippen LogP contribution is -2.20. The van der Waals surface area contributed by atoms with Crippen molar-refractivity contribution >= 4 is 23.2 Å². The van der Waals surface area contributed by atoms with E-state index in [4.69, 9.17) is 4.74 Å². The van der Waals surface area contributed by atoms with Gasteiger partial charge in [0, 0.05) is 17.8 Å². The molecule has 0 aliphatic heterocycles. The van der Waals surface area contributed by atoms with Crippen molar-refractivity contribution in [2.75, 3.05) is 17.2 Å². The van der Waals surface area contributed by atoms with Gasteiger partial charge in [0.25, 0.3) is 5.91 Å². The Bertz CT molecular complexity index is 641. The van der Waals surface area contributed by atoms with Gasteiger partial charge < -0.3 is 15.4 Å². The highest BCUT2D eigenvalue weighted by molar-refractivity contribution is 5.94. The quantitative estimate of drug-likeness (QED) is 0.861. The van der Waals surface area contributed by atoms with Crippen LogP contribution < -0.4 is 15.4 Å². The highest BCUT2D eigenvalue weighted by Crippen LogP contribution is 2.15. The monoisotopic (exact) mass is 298 g/mol. The second-order valence-electron chi connectivity index (χ2n) is 4.63. The first kappa shape index (κ1) is 15.6. The Morgan fingerprint density at radius 1 is 0.909 bits per heavy atom. The standard InChI is InChI=1S/C17H18N2O3/c1-2-16(20)18-13-7-6-8-14(11-13)19-17(21)12-22-15-9-4-3-5-10-15/h3-11H,2,12H2,1H3,(H,18,20)(H,19,21). The van der Waals surface area contributed by atoms with Crippen molar-refractivity contribution in [3.05, 3.63) is 54.6 Å². The van der Waals surface area contributed by atoms with Gasteiger partial charge in [0.05, 0.1) is 0 Å². The van der Waals surface area contributed by atoms with E-state index in [-0.39, 0.29) is 18.4 Å². The summed E-state index contributed by atoms with van der Waals surface area (Å²) in [5.41, 5.74) is 1.25. The SMILES string of the molecule is CCC(=O)Nc1cccc(NC(=O)COc2ccccc2)c1. The lowest BCUT2D eigenvalue weighted by molar-refractivity contribution is -0.118. The fourth-order valence-corrected chi connectivity index (χ4v) is 1.79. The Hall–Kier alpha value is -2.82. The van der Waals surface area contributed by atoms with Crippen LogP contribution in [0.1, 0.15) is 13.3 Å². The van der Waals surface area contributed by atoms with Gasteiger partial charge in [-0.15, -0.1) is 0 Å². The number of benzene rings is 2. The molecule has 2 rings (SSSR count). The summed E-state index contributed by atoms with van der Waals surface area (Å²) in [6, 6.07) is 16.1. The fourth-order valence-electron chi connectivity index (χ4n) is 1.79. The van der Waals surface area contributed by atoms with E-state index >= 15 is 0 Å². The van der Waals surface area contributed by atoms with E-state index in [1.54, 1.807) is 43.3 Å². The summed E-state index contributed by atoms with van der Waals surface area (Å²) in [5, 5.41) is 5.47. The molecule has 5 nitrogen and oxygen atoms in total. The van der Waals surface area contributed by atoms with E-state index in [1.807, 2.05) is 18.2 Å². The van der Waals surface area contributed by atoms with Gasteiger partial charge in [0.15, 0.2) is 6.61 Å². The molecule has 0 aliphatic carbocycles. The van der Waals surface area contributed by atoms with Crippen LogP contribution in [-0.2, 0) is 9.59 Å². The molecule has 114 valence electrons. The first-order valence-electron chi connectivity index (χ1n) is 7.05. The van der Waals surface area contributed by atoms with Gasteiger partial charge in [0.2, 0.25) is 5.91 Å². The summed E-state index contributed by atoms with van der Waals surface area (Å²) in [7, 11) is 0. The Kier molecular flexibility index (Phi) is 5.54. The first-order valence-corrected chi connectivity index (χ1v) is 7.05. The number of amides is 2. The summed E-state index contributed by atoms with van der Waals surface area (Å²) >= 11 is 0. The summed E-state index contributed by atoms with van der Waals surface area (Å²) in [5.74, 6) is 0.306. The normalized spacial score (nSPS) is 9.86. The smallest absolute Gasteiger partial charge is 0.262 e. The number of nitrogens with one attached hydrogen (secondary N) is 2. The lowest BCUT2D eigenvalue weighted by atomic mass is 10.2. The molecule has 2 aromatic rings. The van der Waals surface area contributed by atoms with E-state index in [0.717, 1.165) is 0 Å². The predicted octanol–water partition coefficient (Wildman–Crippen LogP) is 3.05. The van der Waals surface area contributed by atoms with Crippen LogP contribution in [0.3, 0.4) is 0 Å². The van der Waals surface area contributed by atoms with Gasteiger partial charge >= 0.3 is 0 Å². The molecule has 2 aromatic carbocycles. The molecule has 0 aliphatic rings. The number of hydrogen-bond donors (Lipinski definition) is 2. The Morgan fingerprint density at radius 2 is 1.55 bits per heavy atom. The largest absolute Gasteiger partial charge is 0.484 e. The molecule has 0 aromatic heterocycles. The Morgan fingerprint density at radius 3 is 2.18 bits per heavy atom. The highest BCUT2D eigenvalue weighted by Gasteiger charge is 2.05. The van der Waals surface area contributed by atoms with Crippen LogP contribution in [0.25, 0.3) is 0 Å². The molecule has 0 atom stereocenters. The second kappa shape index (κ2) is 7.83. The Labute approximate surface area is 129 Å². The number of carbonyl (C=O) groups is 2. The van der Waals surface area contributed by atoms with Gasteiger partial charge in [0.1, 0.15) is 5.75 Å². The molecule has 22 heavy (non-hydrogen) atoms. The second-order valence-corrected chi connectivity index (χ2v) is 4.63. The van der Waals surface area contributed by atoms with E-state index in [1.165, 1.54) is 0 Å². The van der Waals surface area contributed by atoms with E-state index in [9.17, 15) is 9.59 Å². The molecule has 2 N–H and O–H groups in total. The minimum atomic E-state index is -0.261. The number of anilines is 2. The van der Waals surface area contributed by atoms with Crippen molar-refractivity contribution < 1.29 is 14.3 Å². The average molecular weight is 298 g/mol. The minimum Gasteiger partial charge on any atom is -0.484 e. The van der Waals surface area contributed by atoms with Gasteiger partial charge in [-0.3, -0.25) is 9.59 Å². The van der Waals surface area contributed by atoms with Crippen LogP contribution in [0.15, 0.2) is 54.6 Å². The van der Waals surface area contributed by atoms with Crippen LogP contribution in [0.4, 0.5) is 11.4 Å². The van der Waals surface area contributed by atoms with E-state index < -0.39 is 0 Å². The molecule has 0 saturated carbocycles. The van der Waals surface area contributed by atoms with E-state index in [0.29, 0.717) is 23.5 Å². The van der Waals surface area contributed by atoms with Crippen LogP contribution in [0, 0.1) is 0 Å². The van der Waals surface area contributed by atoms with Crippen molar-refractivity contribution in [3.63, 3.8) is 0 Å². The summed E-state index contributed by atoms with van der Waals surface area (Å²) in [4.78, 5) is 23.2. The zero-order valence-electron chi connectivity index (χ0n) is 12.3. The maximum absolute atomic E-state index is 11.9. The van der Waals surface area contributed by atoms with Crippen LogP contribution in [0.5, 0.6) is 5.75 Å². The minimum absolute atomic E-state index is 0.0733. The number of para-hydroxylation sites is 1. The molecule has 0 unspecified atom stereocenters. The third kappa shape index (κ3) is 4.94. The van der Waals surface area contributed by atoms with Crippen molar-refractivity contribution in [1.29, 1.82) is 0 Å². The third-order valence-electron chi connectivity index (χ3n) is 2.86. The number of rotatable bonds is 6. The van der Waals surface area contributed by atoms with Crippen molar-refractivity contribution in [3.8, 4) is 5.75 Å². The number of ether oxygens (including phenoxy) is 1. The topological polar surface area (TPSA) is 67.4 Å². The molecule has 2 amide bonds. The molecular formula is C17H18N2O3. The average Bonchev–Trinajstić information content (AvgIpc) is 2.54. The molecule has 0 heterocycles. The van der Waals surface area contributed by atoms with Gasteiger partial charge in [-0.2, -0.15) is 0 Å². The maximum atomic E-state index is 11.9. The van der Waals surface area contributed by atoms with Gasteiger partial charge in [-0.1, -0.05) is 31.2 Å². The summed E-state index contributed by atoms with van der Waals surface area (Å²) < 4.78 is 5.37.